The lowest BCUT2D eigenvalue weighted by molar-refractivity contribution is -0.0372. The number of hydrogen-bond donors (Lipinski definition) is 2. The third kappa shape index (κ3) is 1.99. The summed E-state index contributed by atoms with van der Waals surface area (Å²) in [7, 11) is 0. The van der Waals surface area contributed by atoms with E-state index < -0.39 is 0 Å². The number of rotatable bonds is 2. The van der Waals surface area contributed by atoms with Gasteiger partial charge in [-0.15, -0.1) is 0 Å². The molecule has 2 radical (unpaired) electrons. The maximum Gasteiger partial charge on any atom is 0.141 e. The van der Waals surface area contributed by atoms with Crippen LogP contribution in [0, 0.1) is 53.0 Å². The predicted octanol–water partition coefficient (Wildman–Crippen LogP) is 4.39. The van der Waals surface area contributed by atoms with Crippen molar-refractivity contribution in [2.75, 3.05) is 0 Å². The topological polar surface area (TPSA) is 24.1 Å². The largest absolute Gasteiger partial charge is 0.285 e. The van der Waals surface area contributed by atoms with Crippen LogP contribution >= 0.6 is 0 Å². The van der Waals surface area contributed by atoms with Gasteiger partial charge in [-0.25, -0.2) is 0 Å². The van der Waals surface area contributed by atoms with E-state index in [1.807, 2.05) is 0 Å². The molecule has 8 atom stereocenters. The van der Waals surface area contributed by atoms with Crippen molar-refractivity contribution in [3.8, 4) is 0 Å². The first-order valence-corrected chi connectivity index (χ1v) is 10.4. The maximum atomic E-state index is 3.57. The zero-order chi connectivity index (χ0) is 17.7. The highest BCUT2D eigenvalue weighted by atomic mass is 15.2. The standard InChI is InChI=1S/C23H34N2/c1-12-16(7-14-9-18(12)22(14,3)4)20-21(25-11-24-20)17-8-15-10-19(13(17)2)23(15,5)6/h7-8,12-15,18-21,24-25H,9-10H2,1-6H3. The number of fused-ring (bicyclic) bond motifs is 2. The van der Waals surface area contributed by atoms with Crippen molar-refractivity contribution in [2.24, 2.45) is 46.3 Å². The van der Waals surface area contributed by atoms with Crippen LogP contribution in [0.25, 0.3) is 0 Å². The fraction of sp³-hybridized carbons (Fsp3) is 0.783. The smallest absolute Gasteiger partial charge is 0.141 e. The van der Waals surface area contributed by atoms with E-state index >= 15 is 0 Å². The zero-order valence-corrected chi connectivity index (χ0v) is 16.7. The molecule has 7 aliphatic rings. The van der Waals surface area contributed by atoms with Gasteiger partial charge in [-0.1, -0.05) is 64.8 Å². The van der Waals surface area contributed by atoms with Crippen LogP contribution in [-0.2, 0) is 0 Å². The van der Waals surface area contributed by atoms with Crippen LogP contribution in [0.15, 0.2) is 23.3 Å². The monoisotopic (exact) mass is 338 g/mol. The van der Waals surface area contributed by atoms with Crippen LogP contribution in [0.4, 0.5) is 0 Å². The summed E-state index contributed by atoms with van der Waals surface area (Å²) in [6.07, 6.45) is 8.05. The molecule has 1 saturated heterocycles. The van der Waals surface area contributed by atoms with E-state index in [4.69, 9.17) is 0 Å². The lowest BCUT2D eigenvalue weighted by Gasteiger charge is -2.60. The van der Waals surface area contributed by atoms with Crippen molar-refractivity contribution in [3.63, 3.8) is 0 Å². The van der Waals surface area contributed by atoms with Gasteiger partial charge >= 0.3 is 0 Å². The zero-order valence-electron chi connectivity index (χ0n) is 16.7. The van der Waals surface area contributed by atoms with Crippen LogP contribution in [0.2, 0.25) is 0 Å². The third-order valence-electron chi connectivity index (χ3n) is 9.39. The molecular weight excluding hydrogens is 304 g/mol. The molecule has 0 amide bonds. The van der Waals surface area contributed by atoms with Crippen molar-refractivity contribution >= 4 is 0 Å². The molecule has 25 heavy (non-hydrogen) atoms. The van der Waals surface area contributed by atoms with E-state index in [9.17, 15) is 0 Å². The van der Waals surface area contributed by atoms with Crippen LogP contribution < -0.4 is 10.6 Å². The van der Waals surface area contributed by atoms with Crippen molar-refractivity contribution in [1.82, 2.24) is 10.6 Å². The van der Waals surface area contributed by atoms with Gasteiger partial charge < -0.3 is 0 Å². The summed E-state index contributed by atoms with van der Waals surface area (Å²) in [5.74, 6) is 4.63. The minimum absolute atomic E-state index is 0.408. The quantitative estimate of drug-likeness (QED) is 0.730. The Bertz CT molecular complexity index is 599. The molecule has 2 heteroatoms. The minimum atomic E-state index is 0.408. The average Bonchev–Trinajstić information content (AvgIpc) is 3.03. The van der Waals surface area contributed by atoms with Crippen LogP contribution in [-0.4, -0.2) is 12.1 Å². The van der Waals surface area contributed by atoms with Gasteiger partial charge in [-0.05, 0) is 59.2 Å². The van der Waals surface area contributed by atoms with Gasteiger partial charge in [0.2, 0.25) is 0 Å². The molecule has 3 fully saturated rings. The molecule has 4 bridgehead atoms. The van der Waals surface area contributed by atoms with Gasteiger partial charge in [0.25, 0.3) is 0 Å². The normalized spacial score (nSPS) is 51.9. The summed E-state index contributed by atoms with van der Waals surface area (Å²) in [6.45, 7) is 18.1. The molecule has 7 rings (SSSR count). The fourth-order valence-electron chi connectivity index (χ4n) is 7.18. The predicted molar refractivity (Wildman–Crippen MR) is 102 cm³/mol. The summed E-state index contributed by atoms with van der Waals surface area (Å²) in [5, 5.41) is 7.15. The molecule has 1 heterocycles. The number of hydrogen-bond acceptors (Lipinski definition) is 2. The van der Waals surface area contributed by atoms with Gasteiger partial charge in [0.1, 0.15) is 6.67 Å². The highest BCUT2D eigenvalue weighted by Gasteiger charge is 2.57. The van der Waals surface area contributed by atoms with Crippen molar-refractivity contribution in [3.05, 3.63) is 30.0 Å². The van der Waals surface area contributed by atoms with E-state index in [-0.39, 0.29) is 0 Å². The second-order valence-corrected chi connectivity index (χ2v) is 10.8. The lowest BCUT2D eigenvalue weighted by Crippen LogP contribution is -2.56. The second kappa shape index (κ2) is 5.01. The number of nitrogens with one attached hydrogen (secondary N) is 2. The molecule has 0 aromatic rings. The molecular formula is C23H34N2. The van der Waals surface area contributed by atoms with Gasteiger partial charge in [0.15, 0.2) is 0 Å². The Morgan fingerprint density at radius 3 is 1.52 bits per heavy atom. The number of allylic oxidation sites excluding steroid dienone is 2. The summed E-state index contributed by atoms with van der Waals surface area (Å²) in [5.41, 5.74) is 4.30. The Morgan fingerprint density at radius 1 is 0.800 bits per heavy atom. The average molecular weight is 339 g/mol. The Balaban J connectivity index is 1.45. The molecule has 0 aromatic carbocycles. The molecule has 8 unspecified atom stereocenters. The van der Waals surface area contributed by atoms with Gasteiger partial charge in [-0.2, -0.15) is 0 Å². The van der Waals surface area contributed by atoms with Gasteiger partial charge in [-0.3, -0.25) is 10.6 Å². The summed E-state index contributed by atoms with van der Waals surface area (Å²) < 4.78 is 0. The Morgan fingerprint density at radius 2 is 1.20 bits per heavy atom. The van der Waals surface area contributed by atoms with E-state index in [1.54, 1.807) is 11.1 Å². The van der Waals surface area contributed by atoms with Gasteiger partial charge in [0, 0.05) is 12.1 Å². The lowest BCUT2D eigenvalue weighted by atomic mass is 9.45. The second-order valence-electron chi connectivity index (χ2n) is 10.8. The molecule has 136 valence electrons. The van der Waals surface area contributed by atoms with E-state index in [0.29, 0.717) is 34.7 Å². The molecule has 2 saturated carbocycles. The molecule has 1 aliphatic heterocycles. The first-order chi connectivity index (χ1) is 11.7. The first kappa shape index (κ1) is 16.6. The Labute approximate surface area is 153 Å². The Hall–Kier alpha value is -0.600. The first-order valence-electron chi connectivity index (χ1n) is 10.4. The van der Waals surface area contributed by atoms with Crippen LogP contribution in [0.3, 0.4) is 0 Å². The summed E-state index contributed by atoms with van der Waals surface area (Å²) in [6, 6.07) is 0.816. The van der Waals surface area contributed by atoms with E-state index in [0.717, 1.165) is 23.7 Å². The van der Waals surface area contributed by atoms with Crippen LogP contribution in [0.5, 0.6) is 0 Å². The van der Waals surface area contributed by atoms with Crippen LogP contribution in [0.1, 0.15) is 54.4 Å². The van der Waals surface area contributed by atoms with E-state index in [1.165, 1.54) is 12.8 Å². The van der Waals surface area contributed by atoms with Crippen molar-refractivity contribution in [2.45, 2.75) is 66.5 Å². The highest BCUT2D eigenvalue weighted by molar-refractivity contribution is 5.38. The van der Waals surface area contributed by atoms with Gasteiger partial charge in [0.05, 0.1) is 0 Å². The minimum Gasteiger partial charge on any atom is -0.285 e. The SMILES string of the molecule is CC1C(C2N[C]NC2C2=CC3CC(C2C)C3(C)C)=CC2CC1C2(C)C. The summed E-state index contributed by atoms with van der Waals surface area (Å²) >= 11 is 0. The molecule has 0 aromatic heterocycles. The molecule has 2 nitrogen and oxygen atoms in total. The van der Waals surface area contributed by atoms with Crippen molar-refractivity contribution in [1.29, 1.82) is 0 Å². The molecule has 0 spiro atoms. The maximum absolute atomic E-state index is 3.57. The highest BCUT2D eigenvalue weighted by Crippen LogP contribution is 2.63. The molecule has 6 aliphatic carbocycles. The van der Waals surface area contributed by atoms with E-state index in [2.05, 4.69) is 71.0 Å². The third-order valence-corrected chi connectivity index (χ3v) is 9.39. The Kier molecular flexibility index (Phi) is 3.32. The molecule has 2 N–H and O–H groups in total. The fourth-order valence-corrected chi connectivity index (χ4v) is 7.18. The van der Waals surface area contributed by atoms with Crippen molar-refractivity contribution < 1.29 is 0 Å². The summed E-state index contributed by atoms with van der Waals surface area (Å²) in [4.78, 5) is 0.